The summed E-state index contributed by atoms with van der Waals surface area (Å²) in [6.45, 7) is 10.2. The van der Waals surface area contributed by atoms with Gasteiger partial charge in [0.2, 0.25) is 11.8 Å². The smallest absolute Gasteiger partial charge is 0.264 e. The second-order valence-corrected chi connectivity index (χ2v) is 12.5. The zero-order chi connectivity index (χ0) is 30.0. The van der Waals surface area contributed by atoms with Crippen LogP contribution < -0.4 is 9.62 Å². The highest BCUT2D eigenvalue weighted by Gasteiger charge is 2.33. The van der Waals surface area contributed by atoms with E-state index in [1.54, 1.807) is 36.4 Å². The van der Waals surface area contributed by atoms with Gasteiger partial charge in [0.05, 0.1) is 10.6 Å². The third kappa shape index (κ3) is 8.43. The molecule has 8 heteroatoms. The lowest BCUT2D eigenvalue weighted by Crippen LogP contribution is -2.53. The van der Waals surface area contributed by atoms with Crippen LogP contribution in [0, 0.1) is 6.92 Å². The molecule has 0 radical (unpaired) electrons. The third-order valence-electron chi connectivity index (χ3n) is 7.15. The molecule has 3 aromatic carbocycles. The first-order chi connectivity index (χ1) is 19.6. The first-order valence-electron chi connectivity index (χ1n) is 14.4. The number of hydrogen-bond acceptors (Lipinski definition) is 4. The molecule has 7 nitrogen and oxygen atoms in total. The molecule has 0 aliphatic carbocycles. The molecule has 0 heterocycles. The number of benzene rings is 3. The molecule has 0 aliphatic rings. The van der Waals surface area contributed by atoms with Crippen molar-refractivity contribution >= 4 is 27.5 Å². The van der Waals surface area contributed by atoms with Crippen LogP contribution in [0.4, 0.5) is 5.69 Å². The number of amides is 2. The first-order valence-corrected chi connectivity index (χ1v) is 15.8. The topological polar surface area (TPSA) is 86.8 Å². The molecular formula is C33H43N3O4S. The maximum absolute atomic E-state index is 14.1. The molecule has 0 fully saturated rings. The van der Waals surface area contributed by atoms with Gasteiger partial charge in [-0.1, -0.05) is 87.9 Å². The summed E-state index contributed by atoms with van der Waals surface area (Å²) in [4.78, 5) is 28.9. The molecular weight excluding hydrogens is 534 g/mol. The van der Waals surface area contributed by atoms with Crippen LogP contribution in [0.5, 0.6) is 0 Å². The van der Waals surface area contributed by atoms with Gasteiger partial charge in [-0.2, -0.15) is 0 Å². The van der Waals surface area contributed by atoms with Crippen molar-refractivity contribution in [1.29, 1.82) is 0 Å². The van der Waals surface area contributed by atoms with Crippen LogP contribution in [0.25, 0.3) is 0 Å². The van der Waals surface area contributed by atoms with E-state index in [0.717, 1.165) is 27.4 Å². The summed E-state index contributed by atoms with van der Waals surface area (Å²) in [7, 11) is -4.08. The largest absolute Gasteiger partial charge is 0.354 e. The Labute approximate surface area is 245 Å². The van der Waals surface area contributed by atoms with E-state index in [9.17, 15) is 18.0 Å². The van der Waals surface area contributed by atoms with Gasteiger partial charge < -0.3 is 10.2 Å². The molecule has 0 saturated carbocycles. The second kappa shape index (κ2) is 14.8. The van der Waals surface area contributed by atoms with Crippen LogP contribution in [0.3, 0.4) is 0 Å². The van der Waals surface area contributed by atoms with Crippen molar-refractivity contribution in [3.8, 4) is 0 Å². The number of sulfonamides is 1. The van der Waals surface area contributed by atoms with E-state index in [-0.39, 0.29) is 23.3 Å². The molecule has 1 atom stereocenters. The Balaban J connectivity index is 2.01. The molecule has 1 N–H and O–H groups in total. The van der Waals surface area contributed by atoms with Gasteiger partial charge in [-0.15, -0.1) is 0 Å². The highest BCUT2D eigenvalue weighted by atomic mass is 32.2. The number of nitrogens with zero attached hydrogens (tertiary/aromatic N) is 2. The summed E-state index contributed by atoms with van der Waals surface area (Å²) >= 11 is 0. The summed E-state index contributed by atoms with van der Waals surface area (Å²) in [5.74, 6) is -0.388. The minimum absolute atomic E-state index is 0.104. The van der Waals surface area contributed by atoms with Gasteiger partial charge in [-0.3, -0.25) is 13.9 Å². The summed E-state index contributed by atoms with van der Waals surface area (Å²) in [5.41, 5.74) is 3.43. The molecule has 3 aromatic rings. The Morgan fingerprint density at radius 2 is 1.51 bits per heavy atom. The Morgan fingerprint density at radius 1 is 0.878 bits per heavy atom. The standard InChI is InChI=1S/C33H43N3O4S/c1-6-22-34-33(38)31(7-2)35(23-21-27-11-9-8-10-12-27)32(37)24-36(29-17-15-28(16-18-29)25(3)4)41(39,40)30-19-13-26(5)14-20-30/h8-20,25,31H,6-7,21-24H2,1-5H3,(H,34,38). The normalized spacial score (nSPS) is 12.1. The molecule has 0 aromatic heterocycles. The van der Waals surface area contributed by atoms with Crippen molar-refractivity contribution in [2.75, 3.05) is 23.9 Å². The van der Waals surface area contributed by atoms with Gasteiger partial charge in [0.25, 0.3) is 10.0 Å². The van der Waals surface area contributed by atoms with Gasteiger partial charge in [-0.05, 0) is 67.5 Å². The number of carbonyl (C=O) groups excluding carboxylic acids is 2. The van der Waals surface area contributed by atoms with Crippen LogP contribution in [-0.4, -0.2) is 50.8 Å². The Hall–Kier alpha value is -3.65. The molecule has 0 bridgehead atoms. The van der Waals surface area contributed by atoms with E-state index >= 15 is 0 Å². The number of hydrogen-bond donors (Lipinski definition) is 1. The maximum atomic E-state index is 14.1. The van der Waals surface area contributed by atoms with Crippen molar-refractivity contribution in [2.24, 2.45) is 0 Å². The molecule has 1 unspecified atom stereocenters. The van der Waals surface area contributed by atoms with E-state index in [1.807, 2.05) is 63.2 Å². The fourth-order valence-corrected chi connectivity index (χ4v) is 6.07. The lowest BCUT2D eigenvalue weighted by Gasteiger charge is -2.33. The first kappa shape index (κ1) is 31.9. The summed E-state index contributed by atoms with van der Waals surface area (Å²) in [5, 5.41) is 2.92. The molecule has 0 aliphatic heterocycles. The van der Waals surface area contributed by atoms with Gasteiger partial charge >= 0.3 is 0 Å². The van der Waals surface area contributed by atoms with Crippen LogP contribution >= 0.6 is 0 Å². The van der Waals surface area contributed by atoms with Crippen LogP contribution in [0.1, 0.15) is 63.1 Å². The zero-order valence-corrected chi connectivity index (χ0v) is 25.7. The number of anilines is 1. The Morgan fingerprint density at radius 3 is 2.07 bits per heavy atom. The summed E-state index contributed by atoms with van der Waals surface area (Å²) in [6, 6.07) is 22.9. The molecule has 0 saturated heterocycles. The molecule has 2 amide bonds. The highest BCUT2D eigenvalue weighted by molar-refractivity contribution is 7.92. The van der Waals surface area contributed by atoms with E-state index in [4.69, 9.17) is 0 Å². The zero-order valence-electron chi connectivity index (χ0n) is 24.8. The quantitative estimate of drug-likeness (QED) is 0.267. The average molecular weight is 578 g/mol. The lowest BCUT2D eigenvalue weighted by molar-refractivity contribution is -0.139. The van der Waals surface area contributed by atoms with Gasteiger partial charge in [0.1, 0.15) is 12.6 Å². The number of aryl methyl sites for hydroxylation is 1. The highest BCUT2D eigenvalue weighted by Crippen LogP contribution is 2.27. The van der Waals surface area contributed by atoms with Crippen molar-refractivity contribution in [1.82, 2.24) is 10.2 Å². The maximum Gasteiger partial charge on any atom is 0.264 e. The predicted molar refractivity (Wildman–Crippen MR) is 165 cm³/mol. The Bertz CT molecular complexity index is 1370. The number of rotatable bonds is 14. The number of nitrogens with one attached hydrogen (secondary N) is 1. The van der Waals surface area contributed by atoms with Crippen LogP contribution in [-0.2, 0) is 26.0 Å². The molecule has 3 rings (SSSR count). The lowest BCUT2D eigenvalue weighted by atomic mass is 10.0. The van der Waals surface area contributed by atoms with E-state index in [2.05, 4.69) is 19.2 Å². The van der Waals surface area contributed by atoms with Gasteiger partial charge in [0.15, 0.2) is 0 Å². The monoisotopic (exact) mass is 577 g/mol. The molecule has 0 spiro atoms. The molecule has 220 valence electrons. The van der Waals surface area contributed by atoms with Crippen LogP contribution in [0.2, 0.25) is 0 Å². The predicted octanol–water partition coefficient (Wildman–Crippen LogP) is 5.69. The number of carbonyl (C=O) groups is 2. The fourth-order valence-electron chi connectivity index (χ4n) is 4.65. The van der Waals surface area contributed by atoms with Gasteiger partial charge in [0, 0.05) is 13.1 Å². The van der Waals surface area contributed by atoms with Crippen molar-refractivity contribution in [3.63, 3.8) is 0 Å². The Kier molecular flexibility index (Phi) is 11.5. The van der Waals surface area contributed by atoms with Crippen LogP contribution in [0.15, 0.2) is 83.8 Å². The van der Waals surface area contributed by atoms with Crippen molar-refractivity contribution in [2.45, 2.75) is 70.7 Å². The average Bonchev–Trinajstić information content (AvgIpc) is 2.97. The van der Waals surface area contributed by atoms with E-state index in [0.29, 0.717) is 25.1 Å². The van der Waals surface area contributed by atoms with Gasteiger partial charge in [-0.25, -0.2) is 8.42 Å². The second-order valence-electron chi connectivity index (χ2n) is 10.6. The fraction of sp³-hybridized carbons (Fsp3) is 0.394. The van der Waals surface area contributed by atoms with Crippen molar-refractivity contribution < 1.29 is 18.0 Å². The van der Waals surface area contributed by atoms with Crippen molar-refractivity contribution in [3.05, 3.63) is 95.6 Å². The minimum atomic E-state index is -4.08. The SMILES string of the molecule is CCCNC(=O)C(CC)N(CCc1ccccc1)C(=O)CN(c1ccc(C(C)C)cc1)S(=O)(=O)c1ccc(C)cc1. The minimum Gasteiger partial charge on any atom is -0.354 e. The molecule has 41 heavy (non-hydrogen) atoms. The third-order valence-corrected chi connectivity index (χ3v) is 8.94. The van der Waals surface area contributed by atoms with E-state index in [1.165, 1.54) is 4.90 Å². The summed E-state index contributed by atoms with van der Waals surface area (Å²) in [6.07, 6.45) is 1.72. The summed E-state index contributed by atoms with van der Waals surface area (Å²) < 4.78 is 29.1. The van der Waals surface area contributed by atoms with E-state index < -0.39 is 28.5 Å².